The van der Waals surface area contributed by atoms with E-state index in [2.05, 4.69) is 21.5 Å². The molecule has 4 N–H and O–H groups in total. The molecule has 0 aliphatic heterocycles. The number of ether oxygens (including phenoxy) is 1. The quantitative estimate of drug-likeness (QED) is 0.383. The van der Waals surface area contributed by atoms with Gasteiger partial charge < -0.3 is 20.9 Å². The van der Waals surface area contributed by atoms with E-state index in [1.54, 1.807) is 16.6 Å². The van der Waals surface area contributed by atoms with Gasteiger partial charge in [0, 0.05) is 11.7 Å². The summed E-state index contributed by atoms with van der Waals surface area (Å²) in [6.07, 6.45) is 7.24. The minimum atomic E-state index is -0.826. The van der Waals surface area contributed by atoms with Crippen LogP contribution in [0.4, 0.5) is 5.69 Å². The van der Waals surface area contributed by atoms with Gasteiger partial charge in [-0.15, -0.1) is 0 Å². The number of carbonyl (C=O) groups excluding carboxylic acids is 2. The Morgan fingerprint density at radius 1 is 1.18 bits per heavy atom. The van der Waals surface area contributed by atoms with Gasteiger partial charge in [0.1, 0.15) is 11.6 Å². The van der Waals surface area contributed by atoms with Gasteiger partial charge in [0.05, 0.1) is 46.5 Å². The Kier molecular flexibility index (Phi) is 5.31. The van der Waals surface area contributed by atoms with Crippen LogP contribution in [-0.2, 0) is 9.53 Å². The van der Waals surface area contributed by atoms with Crippen LogP contribution < -0.4 is 11.1 Å². The molecule has 0 atom stereocenters. The van der Waals surface area contributed by atoms with E-state index in [0.29, 0.717) is 41.9 Å². The molecule has 10 nitrogen and oxygen atoms in total. The minimum absolute atomic E-state index is 0.131. The number of esters is 2. The van der Waals surface area contributed by atoms with Gasteiger partial charge in [-0.3, -0.25) is 9.78 Å². The number of pyridine rings is 1. The zero-order valence-electron chi connectivity index (χ0n) is 18.5. The molecular weight excluding hydrogens is 436 g/mol. The van der Waals surface area contributed by atoms with Crippen molar-refractivity contribution in [2.45, 2.75) is 49.7 Å². The number of carbonyl (C=O) groups is 2. The molecule has 0 saturated heterocycles. The molecule has 3 fully saturated rings. The summed E-state index contributed by atoms with van der Waals surface area (Å²) in [6, 6.07) is 9.22. The van der Waals surface area contributed by atoms with Crippen molar-refractivity contribution in [2.75, 3.05) is 11.9 Å². The summed E-state index contributed by atoms with van der Waals surface area (Å²) in [5.74, 6) is -1.65. The van der Waals surface area contributed by atoms with E-state index in [4.69, 9.17) is 15.7 Å². The van der Waals surface area contributed by atoms with Crippen molar-refractivity contribution in [3.8, 4) is 17.5 Å². The number of aromatic nitrogens is 3. The first-order valence-corrected chi connectivity index (χ1v) is 11.2. The van der Waals surface area contributed by atoms with Gasteiger partial charge in [0.2, 0.25) is 0 Å². The van der Waals surface area contributed by atoms with Crippen LogP contribution in [0.2, 0.25) is 0 Å². The van der Waals surface area contributed by atoms with Crippen LogP contribution in [0.3, 0.4) is 0 Å². The number of nitrogens with one attached hydrogen (secondary N) is 1. The van der Waals surface area contributed by atoms with E-state index in [0.717, 1.165) is 24.8 Å². The topological polar surface area (TPSA) is 156 Å². The molecule has 6 rings (SSSR count). The molecule has 174 valence electrons. The molecule has 3 aromatic rings. The second kappa shape index (κ2) is 8.20. The summed E-state index contributed by atoms with van der Waals surface area (Å²) in [6.45, 7) is -0.408. The van der Waals surface area contributed by atoms with Crippen LogP contribution in [0, 0.1) is 11.3 Å². The van der Waals surface area contributed by atoms with E-state index in [9.17, 15) is 14.7 Å². The fraction of sp³-hybridized carbons (Fsp3) is 0.375. The maximum absolute atomic E-state index is 12.7. The fourth-order valence-corrected chi connectivity index (χ4v) is 4.95. The molecule has 34 heavy (non-hydrogen) atoms. The van der Waals surface area contributed by atoms with Crippen molar-refractivity contribution >= 4 is 23.1 Å². The predicted molar refractivity (Wildman–Crippen MR) is 122 cm³/mol. The molecule has 0 aromatic carbocycles. The number of hydrogen-bond donors (Lipinski definition) is 3. The monoisotopic (exact) mass is 460 g/mol. The Morgan fingerprint density at radius 3 is 2.59 bits per heavy atom. The van der Waals surface area contributed by atoms with Crippen molar-refractivity contribution in [2.24, 2.45) is 5.73 Å². The maximum atomic E-state index is 12.7. The summed E-state index contributed by atoms with van der Waals surface area (Å²) in [5.41, 5.74) is 7.48. The van der Waals surface area contributed by atoms with Gasteiger partial charge in [-0.1, -0.05) is 0 Å². The summed E-state index contributed by atoms with van der Waals surface area (Å²) in [5, 5.41) is 27.6. The molecule has 3 aliphatic rings. The van der Waals surface area contributed by atoms with Crippen LogP contribution in [0.25, 0.3) is 16.9 Å². The number of aliphatic hydroxyl groups is 1. The van der Waals surface area contributed by atoms with Crippen molar-refractivity contribution in [1.82, 2.24) is 14.6 Å². The first kappa shape index (κ1) is 22.0. The lowest BCUT2D eigenvalue weighted by Gasteiger charge is -2.51. The molecular formula is C24H24N6O4. The van der Waals surface area contributed by atoms with Crippen LogP contribution in [0.5, 0.6) is 0 Å². The van der Waals surface area contributed by atoms with E-state index in [1.807, 2.05) is 12.1 Å². The highest BCUT2D eigenvalue weighted by molar-refractivity contribution is 6.01. The molecule has 3 aromatic heterocycles. The van der Waals surface area contributed by atoms with Gasteiger partial charge in [-0.2, -0.15) is 10.4 Å². The van der Waals surface area contributed by atoms with E-state index in [1.165, 1.54) is 12.4 Å². The third-order valence-corrected chi connectivity index (χ3v) is 7.00. The molecule has 3 saturated carbocycles. The smallest absolute Gasteiger partial charge is 0.349 e. The predicted octanol–water partition coefficient (Wildman–Crippen LogP) is 2.16. The molecule has 3 heterocycles. The first-order valence-electron chi connectivity index (χ1n) is 11.2. The summed E-state index contributed by atoms with van der Waals surface area (Å²) in [4.78, 5) is 28.8. The number of rotatable bonds is 5. The maximum Gasteiger partial charge on any atom is 0.349 e. The number of nitrogens with zero attached hydrogens (tertiary/aromatic N) is 4. The summed E-state index contributed by atoms with van der Waals surface area (Å²) >= 11 is 0. The zero-order valence-corrected chi connectivity index (χ0v) is 18.5. The number of nitriles is 1. The molecule has 0 radical (unpaired) electrons. The second-order valence-corrected chi connectivity index (χ2v) is 9.12. The number of fused-ring (bicyclic) bond motifs is 4. The van der Waals surface area contributed by atoms with E-state index < -0.39 is 24.1 Å². The second-order valence-electron chi connectivity index (χ2n) is 9.12. The van der Waals surface area contributed by atoms with Gasteiger partial charge in [0.25, 0.3) is 0 Å². The minimum Gasteiger partial charge on any atom is -0.390 e. The lowest BCUT2D eigenvalue weighted by molar-refractivity contribution is -0.136. The lowest BCUT2D eigenvalue weighted by atomic mass is 9.63. The summed E-state index contributed by atoms with van der Waals surface area (Å²) in [7, 11) is 0. The highest BCUT2D eigenvalue weighted by Crippen LogP contribution is 2.48. The molecule has 2 bridgehead atoms. The average Bonchev–Trinajstić information content (AvgIpc) is 3.28. The van der Waals surface area contributed by atoms with E-state index >= 15 is 0 Å². The van der Waals surface area contributed by atoms with Gasteiger partial charge in [-0.25, -0.2) is 9.31 Å². The van der Waals surface area contributed by atoms with Crippen LogP contribution in [0.1, 0.15) is 54.4 Å². The van der Waals surface area contributed by atoms with Crippen LogP contribution >= 0.6 is 0 Å². The van der Waals surface area contributed by atoms with E-state index in [-0.39, 0.29) is 11.1 Å². The third kappa shape index (κ3) is 3.89. The van der Waals surface area contributed by atoms with Crippen molar-refractivity contribution < 1.29 is 19.4 Å². The standard InChI is InChI=1S/C24H24N6O4/c25-11-15-9-16-1-2-20(30(16)28-13-15)19-10-18(17(14-27-19)22(32)34-21(31)12-26)29-23-3-6-24(33,7-4-23)8-5-23/h1-2,9-10,13-14,33H,3-8,12,26H2,(H,27,29). The first-order chi connectivity index (χ1) is 16.3. The average molecular weight is 460 g/mol. The van der Waals surface area contributed by atoms with Crippen molar-refractivity contribution in [1.29, 1.82) is 5.26 Å². The SMILES string of the molecule is N#Cc1cnn2c(-c3cc(NC45CCC(O)(CC4)CC5)c(C(=O)OC(=O)CN)cn3)ccc2c1. The normalized spacial score (nSPS) is 23.4. The molecule has 10 heteroatoms. The van der Waals surface area contributed by atoms with Crippen molar-refractivity contribution in [3.05, 3.63) is 47.8 Å². The molecule has 0 spiro atoms. The number of nitrogens with two attached hydrogens (primary N) is 1. The third-order valence-electron chi connectivity index (χ3n) is 7.00. The molecule has 0 unspecified atom stereocenters. The molecule has 0 amide bonds. The summed E-state index contributed by atoms with van der Waals surface area (Å²) < 4.78 is 6.53. The van der Waals surface area contributed by atoms with Gasteiger partial charge >= 0.3 is 11.9 Å². The highest BCUT2D eigenvalue weighted by atomic mass is 16.6. The highest BCUT2D eigenvalue weighted by Gasteiger charge is 2.48. The van der Waals surface area contributed by atoms with Crippen molar-refractivity contribution in [3.63, 3.8) is 0 Å². The zero-order chi connectivity index (χ0) is 23.9. The Bertz CT molecular complexity index is 1320. The number of hydrogen-bond acceptors (Lipinski definition) is 9. The largest absolute Gasteiger partial charge is 0.390 e. The molecule has 3 aliphatic carbocycles. The lowest BCUT2D eigenvalue weighted by Crippen LogP contribution is -2.54. The van der Waals surface area contributed by atoms with Gasteiger partial charge in [0.15, 0.2) is 0 Å². The Hall–Kier alpha value is -3.81. The van der Waals surface area contributed by atoms with Crippen LogP contribution in [0.15, 0.2) is 36.7 Å². The van der Waals surface area contributed by atoms with Gasteiger partial charge in [-0.05, 0) is 62.8 Å². The Morgan fingerprint density at radius 2 is 1.91 bits per heavy atom. The van der Waals surface area contributed by atoms with Crippen LogP contribution in [-0.4, -0.2) is 49.3 Å². The number of anilines is 1. The Labute approximate surface area is 195 Å². The Balaban J connectivity index is 1.55. The fourth-order valence-electron chi connectivity index (χ4n) is 4.95.